The van der Waals surface area contributed by atoms with Gasteiger partial charge in [0.05, 0.1) is 11.2 Å². The first kappa shape index (κ1) is 16.3. The van der Waals surface area contributed by atoms with Gasteiger partial charge in [-0.25, -0.2) is 0 Å². The van der Waals surface area contributed by atoms with Crippen LogP contribution in [0.4, 0.5) is 13.2 Å². The van der Waals surface area contributed by atoms with Crippen LogP contribution in [0.5, 0.6) is 0 Å². The summed E-state index contributed by atoms with van der Waals surface area (Å²) in [7, 11) is 1.68. The van der Waals surface area contributed by atoms with Crippen molar-refractivity contribution in [3.05, 3.63) is 35.4 Å². The SMILES string of the molecule is COC1(CC(Cc2cccc(C(F)(F)F)c2)NN)CCC1. The quantitative estimate of drug-likeness (QED) is 0.627. The zero-order chi connectivity index (χ0) is 15.5. The molecule has 0 saturated heterocycles. The van der Waals surface area contributed by atoms with Crippen LogP contribution in [-0.2, 0) is 17.3 Å². The summed E-state index contributed by atoms with van der Waals surface area (Å²) in [5.41, 5.74) is 2.54. The third-order valence-electron chi connectivity index (χ3n) is 4.29. The molecule has 6 heteroatoms. The van der Waals surface area contributed by atoms with Gasteiger partial charge in [0.1, 0.15) is 0 Å². The molecule has 0 radical (unpaired) electrons. The Morgan fingerprint density at radius 2 is 2.10 bits per heavy atom. The number of nitrogens with two attached hydrogens (primary N) is 1. The van der Waals surface area contributed by atoms with Crippen LogP contribution in [0, 0.1) is 0 Å². The number of methoxy groups -OCH3 is 1. The zero-order valence-corrected chi connectivity index (χ0v) is 12.0. The van der Waals surface area contributed by atoms with Crippen LogP contribution in [-0.4, -0.2) is 18.8 Å². The molecule has 2 rings (SSSR count). The topological polar surface area (TPSA) is 47.3 Å². The number of alkyl halides is 3. The summed E-state index contributed by atoms with van der Waals surface area (Å²) in [4.78, 5) is 0. The molecule has 1 aromatic carbocycles. The number of rotatable bonds is 6. The summed E-state index contributed by atoms with van der Waals surface area (Å²) >= 11 is 0. The minimum absolute atomic E-state index is 0.103. The van der Waals surface area contributed by atoms with Gasteiger partial charge in [0.25, 0.3) is 0 Å². The molecule has 1 aliphatic carbocycles. The largest absolute Gasteiger partial charge is 0.416 e. The molecule has 118 valence electrons. The highest BCUT2D eigenvalue weighted by atomic mass is 19.4. The summed E-state index contributed by atoms with van der Waals surface area (Å²) < 4.78 is 43.7. The lowest BCUT2D eigenvalue weighted by atomic mass is 9.75. The lowest BCUT2D eigenvalue weighted by molar-refractivity contribution is -0.137. The Labute approximate surface area is 122 Å². The van der Waals surface area contributed by atoms with E-state index in [1.165, 1.54) is 12.1 Å². The molecule has 3 N–H and O–H groups in total. The summed E-state index contributed by atoms with van der Waals surface area (Å²) in [6.07, 6.45) is -0.0889. The van der Waals surface area contributed by atoms with Crippen molar-refractivity contribution in [2.75, 3.05) is 7.11 Å². The maximum Gasteiger partial charge on any atom is 0.416 e. The van der Waals surface area contributed by atoms with E-state index in [1.54, 1.807) is 13.2 Å². The van der Waals surface area contributed by atoms with Crippen molar-refractivity contribution in [2.24, 2.45) is 5.84 Å². The van der Waals surface area contributed by atoms with E-state index in [1.807, 2.05) is 0 Å². The van der Waals surface area contributed by atoms with Crippen molar-refractivity contribution >= 4 is 0 Å². The molecule has 1 saturated carbocycles. The van der Waals surface area contributed by atoms with E-state index in [4.69, 9.17) is 10.6 Å². The standard InChI is InChI=1S/C15H21F3N2O/c1-21-14(6-3-7-14)10-13(20-19)9-11-4-2-5-12(8-11)15(16,17)18/h2,4-5,8,13,20H,3,6-7,9-10,19H2,1H3. The predicted octanol–water partition coefficient (Wildman–Crippen LogP) is 3.04. The molecule has 0 spiro atoms. The molecule has 1 aromatic rings. The molecule has 21 heavy (non-hydrogen) atoms. The lowest BCUT2D eigenvalue weighted by Crippen LogP contribution is -2.48. The van der Waals surface area contributed by atoms with Crippen LogP contribution in [0.25, 0.3) is 0 Å². The lowest BCUT2D eigenvalue weighted by Gasteiger charge is -2.42. The summed E-state index contributed by atoms with van der Waals surface area (Å²) in [6, 6.07) is 5.29. The predicted molar refractivity (Wildman–Crippen MR) is 74.5 cm³/mol. The fourth-order valence-electron chi connectivity index (χ4n) is 2.86. The van der Waals surface area contributed by atoms with Crippen molar-refractivity contribution in [1.82, 2.24) is 5.43 Å². The van der Waals surface area contributed by atoms with E-state index in [2.05, 4.69) is 5.43 Å². The molecule has 1 fully saturated rings. The van der Waals surface area contributed by atoms with Crippen molar-refractivity contribution in [1.29, 1.82) is 0 Å². The Morgan fingerprint density at radius 1 is 1.38 bits per heavy atom. The smallest absolute Gasteiger partial charge is 0.378 e. The highest BCUT2D eigenvalue weighted by molar-refractivity contribution is 5.26. The zero-order valence-electron chi connectivity index (χ0n) is 12.0. The average molecular weight is 302 g/mol. The Balaban J connectivity index is 2.05. The van der Waals surface area contributed by atoms with E-state index in [-0.39, 0.29) is 11.6 Å². The minimum Gasteiger partial charge on any atom is -0.378 e. The fraction of sp³-hybridized carbons (Fsp3) is 0.600. The maximum atomic E-state index is 12.7. The van der Waals surface area contributed by atoms with Gasteiger partial charge >= 0.3 is 6.18 Å². The van der Waals surface area contributed by atoms with Crippen molar-refractivity contribution < 1.29 is 17.9 Å². The van der Waals surface area contributed by atoms with Crippen LogP contribution in [0.3, 0.4) is 0 Å². The first-order valence-electron chi connectivity index (χ1n) is 7.06. The van der Waals surface area contributed by atoms with Crippen LogP contribution in [0.2, 0.25) is 0 Å². The van der Waals surface area contributed by atoms with Gasteiger partial charge < -0.3 is 4.74 Å². The molecule has 1 atom stereocenters. The van der Waals surface area contributed by atoms with Crippen molar-refractivity contribution in [3.8, 4) is 0 Å². The van der Waals surface area contributed by atoms with Crippen LogP contribution in [0.15, 0.2) is 24.3 Å². The Morgan fingerprint density at radius 3 is 2.57 bits per heavy atom. The summed E-state index contributed by atoms with van der Waals surface area (Å²) in [5.74, 6) is 5.56. The Bertz CT molecular complexity index is 467. The molecule has 3 nitrogen and oxygen atoms in total. The number of hydrogen-bond acceptors (Lipinski definition) is 3. The molecule has 0 aliphatic heterocycles. The van der Waals surface area contributed by atoms with Gasteiger partial charge in [0.2, 0.25) is 0 Å². The average Bonchev–Trinajstić information content (AvgIpc) is 2.41. The Hall–Kier alpha value is -1.11. The summed E-state index contributed by atoms with van der Waals surface area (Å²) in [5, 5.41) is 0. The molecule has 0 heterocycles. The van der Waals surface area contributed by atoms with E-state index >= 15 is 0 Å². The molecule has 1 unspecified atom stereocenters. The van der Waals surface area contributed by atoms with Gasteiger partial charge in [-0.05, 0) is 43.7 Å². The number of nitrogens with one attached hydrogen (secondary N) is 1. The van der Waals surface area contributed by atoms with Gasteiger partial charge in [-0.1, -0.05) is 18.2 Å². The van der Waals surface area contributed by atoms with E-state index < -0.39 is 11.7 Å². The highest BCUT2D eigenvalue weighted by Crippen LogP contribution is 2.39. The number of ether oxygens (including phenoxy) is 1. The summed E-state index contributed by atoms with van der Waals surface area (Å²) in [6.45, 7) is 0. The first-order valence-corrected chi connectivity index (χ1v) is 7.06. The first-order chi connectivity index (χ1) is 9.88. The normalized spacial score (nSPS) is 19.1. The van der Waals surface area contributed by atoms with Crippen LogP contribution in [0.1, 0.15) is 36.8 Å². The monoisotopic (exact) mass is 302 g/mol. The van der Waals surface area contributed by atoms with Gasteiger partial charge in [-0.3, -0.25) is 11.3 Å². The molecule has 0 bridgehead atoms. The molecular formula is C15H21F3N2O. The van der Waals surface area contributed by atoms with E-state index in [0.29, 0.717) is 18.4 Å². The highest BCUT2D eigenvalue weighted by Gasteiger charge is 2.39. The second-order valence-electron chi connectivity index (χ2n) is 5.71. The molecule has 0 amide bonds. The maximum absolute atomic E-state index is 12.7. The molecule has 0 aromatic heterocycles. The third kappa shape index (κ3) is 3.96. The molecule has 1 aliphatic rings. The number of halogens is 3. The van der Waals surface area contributed by atoms with Gasteiger partial charge in [0, 0.05) is 13.2 Å². The molecular weight excluding hydrogens is 281 g/mol. The van der Waals surface area contributed by atoms with Crippen molar-refractivity contribution in [3.63, 3.8) is 0 Å². The Kier molecular flexibility index (Phi) is 4.91. The van der Waals surface area contributed by atoms with Gasteiger partial charge in [-0.2, -0.15) is 13.2 Å². The van der Waals surface area contributed by atoms with Gasteiger partial charge in [0.15, 0.2) is 0 Å². The van der Waals surface area contributed by atoms with E-state index in [9.17, 15) is 13.2 Å². The number of hydrogen-bond donors (Lipinski definition) is 2. The second kappa shape index (κ2) is 6.34. The van der Waals surface area contributed by atoms with Gasteiger partial charge in [-0.15, -0.1) is 0 Å². The van der Waals surface area contributed by atoms with Crippen LogP contribution < -0.4 is 11.3 Å². The fourth-order valence-corrected chi connectivity index (χ4v) is 2.86. The van der Waals surface area contributed by atoms with Crippen molar-refractivity contribution in [2.45, 2.75) is 49.9 Å². The minimum atomic E-state index is -4.32. The third-order valence-corrected chi connectivity index (χ3v) is 4.29. The second-order valence-corrected chi connectivity index (χ2v) is 5.71. The van der Waals surface area contributed by atoms with E-state index in [0.717, 1.165) is 25.3 Å². The number of benzene rings is 1. The number of hydrazine groups is 1. The van der Waals surface area contributed by atoms with Crippen LogP contribution >= 0.6 is 0 Å².